The molecule has 0 unspecified atom stereocenters. The number of anilines is 1. The fraction of sp³-hybridized carbons (Fsp3) is 0.350. The van der Waals surface area contributed by atoms with E-state index in [9.17, 15) is 13.6 Å². The quantitative estimate of drug-likeness (QED) is 0.775. The van der Waals surface area contributed by atoms with Crippen LogP contribution in [0.2, 0.25) is 0 Å². The van der Waals surface area contributed by atoms with Crippen molar-refractivity contribution in [2.75, 3.05) is 11.9 Å². The summed E-state index contributed by atoms with van der Waals surface area (Å²) in [6.45, 7) is 2.64. The standard InChI is InChI=1S/C20H22F2N2O/c1-14-6-5-7-15(12-14)19-8-3-2-4-11-24(19)20(25)23-18-10-9-16(21)13-17(18)22/h5-7,9-10,12-13,19H,2-4,8,11H2,1H3,(H,23,25)/t19-/m1/s1. The highest BCUT2D eigenvalue weighted by molar-refractivity contribution is 5.89. The predicted molar refractivity (Wildman–Crippen MR) is 94.5 cm³/mol. The number of aryl methyl sites for hydroxylation is 1. The van der Waals surface area contributed by atoms with Crippen LogP contribution in [0.25, 0.3) is 0 Å². The Balaban J connectivity index is 1.84. The van der Waals surface area contributed by atoms with Gasteiger partial charge in [-0.15, -0.1) is 0 Å². The normalized spacial score (nSPS) is 17.9. The molecule has 0 bridgehead atoms. The highest BCUT2D eigenvalue weighted by atomic mass is 19.1. The zero-order valence-corrected chi connectivity index (χ0v) is 14.3. The maximum absolute atomic E-state index is 13.9. The number of carbonyl (C=O) groups is 1. The third-order valence-corrected chi connectivity index (χ3v) is 4.61. The van der Waals surface area contributed by atoms with E-state index in [0.717, 1.165) is 48.9 Å². The summed E-state index contributed by atoms with van der Waals surface area (Å²) >= 11 is 0. The van der Waals surface area contributed by atoms with Crippen LogP contribution < -0.4 is 5.32 Å². The molecule has 2 aromatic rings. The van der Waals surface area contributed by atoms with E-state index in [4.69, 9.17) is 0 Å². The van der Waals surface area contributed by atoms with Gasteiger partial charge in [0.2, 0.25) is 0 Å². The van der Waals surface area contributed by atoms with Crippen LogP contribution in [0, 0.1) is 18.6 Å². The Morgan fingerprint density at radius 2 is 1.96 bits per heavy atom. The van der Waals surface area contributed by atoms with E-state index in [1.165, 1.54) is 6.07 Å². The second-order valence-electron chi connectivity index (χ2n) is 6.53. The largest absolute Gasteiger partial charge is 0.322 e. The van der Waals surface area contributed by atoms with Gasteiger partial charge >= 0.3 is 6.03 Å². The average molecular weight is 344 g/mol. The topological polar surface area (TPSA) is 32.3 Å². The maximum atomic E-state index is 13.9. The van der Waals surface area contributed by atoms with E-state index in [1.807, 2.05) is 25.1 Å². The summed E-state index contributed by atoms with van der Waals surface area (Å²) < 4.78 is 26.9. The first-order chi connectivity index (χ1) is 12.0. The number of likely N-dealkylation sites (tertiary alicyclic amines) is 1. The van der Waals surface area contributed by atoms with E-state index in [1.54, 1.807) is 4.90 Å². The van der Waals surface area contributed by atoms with Crippen LogP contribution in [0.15, 0.2) is 42.5 Å². The summed E-state index contributed by atoms with van der Waals surface area (Å²) in [6, 6.07) is 10.9. The zero-order valence-electron chi connectivity index (χ0n) is 14.3. The lowest BCUT2D eigenvalue weighted by molar-refractivity contribution is 0.189. The lowest BCUT2D eigenvalue weighted by atomic mass is 9.99. The molecular formula is C20H22F2N2O. The van der Waals surface area contributed by atoms with E-state index in [0.29, 0.717) is 6.54 Å². The summed E-state index contributed by atoms with van der Waals surface area (Å²) in [5.41, 5.74) is 2.24. The van der Waals surface area contributed by atoms with Crippen molar-refractivity contribution in [3.05, 3.63) is 65.2 Å². The smallest absolute Gasteiger partial charge is 0.317 e. The number of halogens is 2. The van der Waals surface area contributed by atoms with Crippen LogP contribution in [-0.4, -0.2) is 17.5 Å². The fourth-order valence-corrected chi connectivity index (χ4v) is 3.35. The van der Waals surface area contributed by atoms with E-state index in [-0.39, 0.29) is 17.8 Å². The number of hydrogen-bond acceptors (Lipinski definition) is 1. The molecule has 2 aromatic carbocycles. The van der Waals surface area contributed by atoms with Crippen LogP contribution in [0.1, 0.15) is 42.9 Å². The predicted octanol–water partition coefficient (Wildman–Crippen LogP) is 5.42. The van der Waals surface area contributed by atoms with Gasteiger partial charge in [0.1, 0.15) is 11.6 Å². The van der Waals surface area contributed by atoms with Crippen LogP contribution >= 0.6 is 0 Å². The van der Waals surface area contributed by atoms with E-state index < -0.39 is 11.6 Å². The van der Waals surface area contributed by atoms with Gasteiger partial charge in [0.05, 0.1) is 11.7 Å². The van der Waals surface area contributed by atoms with Crippen molar-refractivity contribution in [3.8, 4) is 0 Å². The van der Waals surface area contributed by atoms with Crippen LogP contribution in [0.3, 0.4) is 0 Å². The third kappa shape index (κ3) is 4.16. The van der Waals surface area contributed by atoms with Gasteiger partial charge in [-0.25, -0.2) is 13.6 Å². The molecule has 3 rings (SSSR count). The van der Waals surface area contributed by atoms with Crippen molar-refractivity contribution >= 4 is 11.7 Å². The summed E-state index contributed by atoms with van der Waals surface area (Å²) in [6.07, 6.45) is 3.91. The highest BCUT2D eigenvalue weighted by Gasteiger charge is 2.27. The summed E-state index contributed by atoms with van der Waals surface area (Å²) in [7, 11) is 0. The first kappa shape index (κ1) is 17.4. The Morgan fingerprint density at radius 3 is 2.72 bits per heavy atom. The zero-order chi connectivity index (χ0) is 17.8. The van der Waals surface area contributed by atoms with Gasteiger partial charge in [-0.05, 0) is 37.5 Å². The second-order valence-corrected chi connectivity index (χ2v) is 6.53. The Kier molecular flexibility index (Phi) is 5.31. The Bertz CT molecular complexity index is 763. The average Bonchev–Trinajstić information content (AvgIpc) is 2.83. The molecule has 0 spiro atoms. The molecule has 0 aliphatic carbocycles. The van der Waals surface area contributed by atoms with Gasteiger partial charge < -0.3 is 10.2 Å². The molecule has 132 valence electrons. The van der Waals surface area contributed by atoms with Crippen molar-refractivity contribution in [1.29, 1.82) is 0 Å². The summed E-state index contributed by atoms with van der Waals surface area (Å²) in [5.74, 6) is -1.43. The second kappa shape index (κ2) is 7.64. The van der Waals surface area contributed by atoms with Crippen LogP contribution in [-0.2, 0) is 0 Å². The van der Waals surface area contributed by atoms with Crippen molar-refractivity contribution in [2.45, 2.75) is 38.6 Å². The minimum atomic E-state index is -0.768. The first-order valence-electron chi connectivity index (χ1n) is 8.64. The molecule has 1 aliphatic heterocycles. The van der Waals surface area contributed by atoms with Gasteiger partial charge in [-0.3, -0.25) is 0 Å². The van der Waals surface area contributed by atoms with Gasteiger partial charge in [0.15, 0.2) is 0 Å². The molecule has 1 atom stereocenters. The number of nitrogens with zero attached hydrogens (tertiary/aromatic N) is 1. The minimum Gasteiger partial charge on any atom is -0.317 e. The number of carbonyl (C=O) groups excluding carboxylic acids is 1. The number of urea groups is 1. The monoisotopic (exact) mass is 344 g/mol. The number of amides is 2. The molecule has 1 heterocycles. The summed E-state index contributed by atoms with van der Waals surface area (Å²) in [4.78, 5) is 14.5. The van der Waals surface area contributed by atoms with Gasteiger partial charge in [0.25, 0.3) is 0 Å². The molecule has 3 nitrogen and oxygen atoms in total. The molecule has 1 saturated heterocycles. The van der Waals surface area contributed by atoms with Crippen molar-refractivity contribution in [3.63, 3.8) is 0 Å². The number of hydrogen-bond donors (Lipinski definition) is 1. The van der Waals surface area contributed by atoms with Crippen LogP contribution in [0.5, 0.6) is 0 Å². The molecule has 5 heteroatoms. The van der Waals surface area contributed by atoms with Gasteiger partial charge in [0, 0.05) is 12.6 Å². The SMILES string of the molecule is Cc1cccc([C@H]2CCCCCN2C(=O)Nc2ccc(F)cc2F)c1. The lowest BCUT2D eigenvalue weighted by Gasteiger charge is -2.31. The summed E-state index contributed by atoms with van der Waals surface area (Å²) in [5, 5.41) is 2.59. The van der Waals surface area contributed by atoms with Crippen molar-refractivity contribution in [2.24, 2.45) is 0 Å². The number of rotatable bonds is 2. The first-order valence-corrected chi connectivity index (χ1v) is 8.64. The molecule has 1 N–H and O–H groups in total. The molecule has 2 amide bonds. The lowest BCUT2D eigenvalue weighted by Crippen LogP contribution is -2.38. The highest BCUT2D eigenvalue weighted by Crippen LogP contribution is 2.31. The Hall–Kier alpha value is -2.43. The number of benzene rings is 2. The molecule has 1 fully saturated rings. The van der Waals surface area contributed by atoms with E-state index in [2.05, 4.69) is 11.4 Å². The number of nitrogens with one attached hydrogen (secondary N) is 1. The Labute approximate surface area is 146 Å². The molecule has 0 saturated carbocycles. The molecular weight excluding hydrogens is 322 g/mol. The van der Waals surface area contributed by atoms with Crippen LogP contribution in [0.4, 0.5) is 19.3 Å². The van der Waals surface area contributed by atoms with Gasteiger partial charge in [-0.1, -0.05) is 42.7 Å². The molecule has 25 heavy (non-hydrogen) atoms. The van der Waals surface area contributed by atoms with Crippen molar-refractivity contribution < 1.29 is 13.6 Å². The van der Waals surface area contributed by atoms with E-state index >= 15 is 0 Å². The third-order valence-electron chi connectivity index (χ3n) is 4.61. The fourth-order valence-electron chi connectivity index (χ4n) is 3.35. The molecule has 0 aromatic heterocycles. The minimum absolute atomic E-state index is 0.00126. The maximum Gasteiger partial charge on any atom is 0.322 e. The molecule has 1 aliphatic rings. The Morgan fingerprint density at radius 1 is 1.12 bits per heavy atom. The van der Waals surface area contributed by atoms with Crippen molar-refractivity contribution in [1.82, 2.24) is 4.90 Å². The van der Waals surface area contributed by atoms with Gasteiger partial charge in [-0.2, -0.15) is 0 Å². The molecule has 0 radical (unpaired) electrons.